The van der Waals surface area contributed by atoms with Crippen LogP contribution in [0.3, 0.4) is 0 Å². The quantitative estimate of drug-likeness (QED) is 0.554. The molecule has 3 N–H and O–H groups in total. The summed E-state index contributed by atoms with van der Waals surface area (Å²) in [6.07, 6.45) is 0. The van der Waals surface area contributed by atoms with E-state index in [1.165, 1.54) is 0 Å². The smallest absolute Gasteiger partial charge is 0.232 e. The zero-order valence-electron chi connectivity index (χ0n) is 16.2. The minimum absolute atomic E-state index is 0.151. The molecule has 2 heterocycles. The summed E-state index contributed by atoms with van der Waals surface area (Å²) in [4.78, 5) is 12.9. The number of nitrogens with one attached hydrogen (secondary N) is 1. The molecule has 0 bridgehead atoms. The van der Waals surface area contributed by atoms with Crippen LogP contribution in [0.25, 0.3) is 0 Å². The molecule has 0 saturated carbocycles. The molecule has 30 heavy (non-hydrogen) atoms. The number of ether oxygens (including phenoxy) is 3. The Morgan fingerprint density at radius 2 is 2.07 bits per heavy atom. The van der Waals surface area contributed by atoms with Crippen LogP contribution in [0.15, 0.2) is 36.4 Å². The van der Waals surface area contributed by atoms with Crippen LogP contribution >= 0.6 is 23.4 Å². The zero-order valence-corrected chi connectivity index (χ0v) is 17.8. The van der Waals surface area contributed by atoms with Gasteiger partial charge in [-0.2, -0.15) is 15.0 Å². The number of hydrogen-bond donors (Lipinski definition) is 2. The molecule has 0 aliphatic carbocycles. The van der Waals surface area contributed by atoms with Gasteiger partial charge in [0.15, 0.2) is 6.79 Å². The topological polar surface area (TPSA) is 104 Å². The Balaban J connectivity index is 1.45. The summed E-state index contributed by atoms with van der Waals surface area (Å²) in [5, 5.41) is 3.79. The van der Waals surface area contributed by atoms with Crippen molar-refractivity contribution in [2.24, 2.45) is 0 Å². The molecule has 0 amide bonds. The van der Waals surface area contributed by atoms with Crippen LogP contribution in [0.4, 0.5) is 17.6 Å². The van der Waals surface area contributed by atoms with Gasteiger partial charge in [-0.1, -0.05) is 23.7 Å². The first-order chi connectivity index (χ1) is 14.6. The van der Waals surface area contributed by atoms with Crippen molar-refractivity contribution in [2.75, 3.05) is 25.0 Å². The number of nitrogens with two attached hydrogens (primary N) is 1. The molecule has 2 aromatic carbocycles. The number of nitrogens with zero attached hydrogens (tertiary/aromatic N) is 3. The Morgan fingerprint density at radius 3 is 2.93 bits per heavy atom. The second-order valence-electron chi connectivity index (χ2n) is 6.42. The maximum atomic E-state index is 6.23. The third-order valence-corrected chi connectivity index (χ3v) is 5.49. The number of aromatic nitrogens is 3. The van der Waals surface area contributed by atoms with E-state index < -0.39 is 0 Å². The van der Waals surface area contributed by atoms with Crippen LogP contribution in [-0.2, 0) is 22.8 Å². The molecule has 1 aliphatic rings. The molecular weight excluding hydrogens is 426 g/mol. The minimum Gasteiger partial charge on any atom is -0.495 e. The van der Waals surface area contributed by atoms with Gasteiger partial charge < -0.3 is 25.3 Å². The first kappa shape index (κ1) is 20.5. The fourth-order valence-corrected chi connectivity index (χ4v) is 4.15. The monoisotopic (exact) mass is 445 g/mol. The van der Waals surface area contributed by atoms with Gasteiger partial charge in [0.05, 0.1) is 25.2 Å². The molecule has 0 unspecified atom stereocenters. The normalized spacial score (nSPS) is 12.7. The third-order valence-electron chi connectivity index (χ3n) is 4.29. The van der Waals surface area contributed by atoms with E-state index in [1.807, 2.05) is 36.4 Å². The summed E-state index contributed by atoms with van der Waals surface area (Å²) in [7, 11) is 1.61. The molecule has 10 heteroatoms. The van der Waals surface area contributed by atoms with Crippen LogP contribution in [0.5, 0.6) is 11.5 Å². The first-order valence-electron chi connectivity index (χ1n) is 9.12. The largest absolute Gasteiger partial charge is 0.495 e. The lowest BCUT2D eigenvalue weighted by molar-refractivity contribution is -0.0168. The molecule has 4 rings (SSSR count). The highest BCUT2D eigenvalue weighted by Gasteiger charge is 2.17. The Labute approximate surface area is 183 Å². The molecule has 0 saturated heterocycles. The molecule has 0 radical (unpaired) electrons. The molecule has 0 spiro atoms. The number of halogens is 1. The van der Waals surface area contributed by atoms with E-state index in [4.69, 9.17) is 31.5 Å². The average molecular weight is 446 g/mol. The molecule has 0 atom stereocenters. The van der Waals surface area contributed by atoms with Gasteiger partial charge in [-0.05, 0) is 24.3 Å². The molecule has 0 fully saturated rings. The lowest BCUT2D eigenvalue weighted by atomic mass is 10.1. The lowest BCUT2D eigenvalue weighted by Gasteiger charge is -2.21. The molecule has 8 nitrogen and oxygen atoms in total. The number of methoxy groups -OCH3 is 1. The van der Waals surface area contributed by atoms with Crippen molar-refractivity contribution in [1.29, 1.82) is 0 Å². The van der Waals surface area contributed by atoms with Crippen molar-refractivity contribution in [2.45, 2.75) is 18.1 Å². The highest BCUT2D eigenvalue weighted by Crippen LogP contribution is 2.34. The van der Waals surface area contributed by atoms with E-state index in [2.05, 4.69) is 20.3 Å². The van der Waals surface area contributed by atoms with E-state index in [0.29, 0.717) is 40.7 Å². The molecule has 3 aromatic rings. The van der Waals surface area contributed by atoms with Gasteiger partial charge in [0.1, 0.15) is 17.3 Å². The molecule has 1 aliphatic heterocycles. The average Bonchev–Trinajstić information content (AvgIpc) is 2.73. The Kier molecular flexibility index (Phi) is 6.41. The second kappa shape index (κ2) is 9.38. The van der Waals surface area contributed by atoms with Crippen molar-refractivity contribution in [1.82, 2.24) is 15.0 Å². The Bertz CT molecular complexity index is 1050. The number of para-hydroxylation sites is 2. The van der Waals surface area contributed by atoms with Crippen LogP contribution < -0.4 is 20.5 Å². The number of anilines is 3. The number of rotatable bonds is 7. The predicted molar refractivity (Wildman–Crippen MR) is 117 cm³/mol. The van der Waals surface area contributed by atoms with Crippen molar-refractivity contribution in [3.8, 4) is 11.5 Å². The number of nitrogen functional groups attached to an aromatic ring is 1. The van der Waals surface area contributed by atoms with E-state index in [-0.39, 0.29) is 12.7 Å². The minimum atomic E-state index is 0.151. The van der Waals surface area contributed by atoms with Crippen LogP contribution in [0.2, 0.25) is 5.02 Å². The fourth-order valence-electron chi connectivity index (χ4n) is 3.04. The van der Waals surface area contributed by atoms with Crippen LogP contribution in [0.1, 0.15) is 17.0 Å². The number of hydrogen-bond acceptors (Lipinski definition) is 9. The molecular formula is C20H20ClN5O3S. The number of benzene rings is 2. The lowest BCUT2D eigenvalue weighted by Crippen LogP contribution is -2.13. The highest BCUT2D eigenvalue weighted by atomic mass is 35.5. The van der Waals surface area contributed by atoms with Gasteiger partial charge in [-0.15, -0.1) is 11.8 Å². The summed E-state index contributed by atoms with van der Waals surface area (Å²) < 4.78 is 16.3. The van der Waals surface area contributed by atoms with Gasteiger partial charge in [0.25, 0.3) is 0 Å². The molecule has 156 valence electrons. The van der Waals surface area contributed by atoms with Crippen molar-refractivity contribution in [3.63, 3.8) is 0 Å². The Hall–Kier alpha value is -2.75. The predicted octanol–water partition coefficient (Wildman–Crippen LogP) is 4.16. The van der Waals surface area contributed by atoms with E-state index in [9.17, 15) is 0 Å². The van der Waals surface area contributed by atoms with Crippen LogP contribution in [-0.4, -0.2) is 28.9 Å². The van der Waals surface area contributed by atoms with Gasteiger partial charge in [-0.25, -0.2) is 0 Å². The zero-order chi connectivity index (χ0) is 20.9. The third kappa shape index (κ3) is 4.86. The summed E-state index contributed by atoms with van der Waals surface area (Å²) in [5.74, 6) is 3.84. The van der Waals surface area contributed by atoms with Crippen molar-refractivity contribution >= 4 is 40.9 Å². The van der Waals surface area contributed by atoms with E-state index in [0.717, 1.165) is 22.6 Å². The van der Waals surface area contributed by atoms with Gasteiger partial charge in [0, 0.05) is 21.9 Å². The number of thioether (sulfide) groups is 1. The second-order valence-corrected chi connectivity index (χ2v) is 7.84. The summed E-state index contributed by atoms with van der Waals surface area (Å²) in [6.45, 7) is 0.740. The number of fused-ring (bicyclic) bond motifs is 1. The van der Waals surface area contributed by atoms with E-state index in [1.54, 1.807) is 18.9 Å². The summed E-state index contributed by atoms with van der Waals surface area (Å²) in [5.41, 5.74) is 8.60. The maximum Gasteiger partial charge on any atom is 0.232 e. The summed E-state index contributed by atoms with van der Waals surface area (Å²) in [6, 6.07) is 11.3. The Morgan fingerprint density at radius 1 is 1.20 bits per heavy atom. The standard InChI is InChI=1S/C20H20ClN5O3S/c1-27-16-5-3-2-4-15(16)23-20-25-17(24-19(22)26-20)10-30-9-13-7-14(21)6-12-8-28-11-29-18(12)13/h2-7H,8-11H2,1H3,(H3,22,23,24,25,26). The fraction of sp³-hybridized carbons (Fsp3) is 0.250. The first-order valence-corrected chi connectivity index (χ1v) is 10.7. The van der Waals surface area contributed by atoms with Gasteiger partial charge >= 0.3 is 0 Å². The van der Waals surface area contributed by atoms with Gasteiger partial charge in [-0.3, -0.25) is 0 Å². The maximum absolute atomic E-state index is 6.23. The van der Waals surface area contributed by atoms with Crippen molar-refractivity contribution in [3.05, 3.63) is 58.4 Å². The highest BCUT2D eigenvalue weighted by molar-refractivity contribution is 7.97. The van der Waals surface area contributed by atoms with Gasteiger partial charge in [0.2, 0.25) is 11.9 Å². The SMILES string of the molecule is COc1ccccc1Nc1nc(N)nc(CSCc2cc(Cl)cc3c2OCOC3)n1. The van der Waals surface area contributed by atoms with Crippen molar-refractivity contribution < 1.29 is 14.2 Å². The molecule has 1 aromatic heterocycles. The van der Waals surface area contributed by atoms with E-state index >= 15 is 0 Å². The van der Waals surface area contributed by atoms with Crippen LogP contribution in [0, 0.1) is 0 Å². The summed E-state index contributed by atoms with van der Waals surface area (Å²) >= 11 is 7.86.